The Bertz CT molecular complexity index is 810. The molecule has 0 bridgehead atoms. The molecule has 1 aromatic heterocycles. The Kier molecular flexibility index (Phi) is 4.92. The second kappa shape index (κ2) is 6.72. The van der Waals surface area contributed by atoms with Gasteiger partial charge in [0.15, 0.2) is 5.96 Å². The van der Waals surface area contributed by atoms with Gasteiger partial charge in [-0.25, -0.2) is 0 Å². The largest absolute Gasteiger partial charge is 0.448 e. The summed E-state index contributed by atoms with van der Waals surface area (Å²) in [4.78, 5) is 26.7. The average molecular weight is 355 g/mol. The van der Waals surface area contributed by atoms with E-state index in [9.17, 15) is 9.59 Å². The highest BCUT2D eigenvalue weighted by Gasteiger charge is 2.21. The van der Waals surface area contributed by atoms with E-state index in [0.29, 0.717) is 15.6 Å². The molecule has 2 aromatic rings. The summed E-state index contributed by atoms with van der Waals surface area (Å²) in [7, 11) is 0. The van der Waals surface area contributed by atoms with Gasteiger partial charge < -0.3 is 21.2 Å². The maximum absolute atomic E-state index is 12.0. The number of guanidine groups is 1. The van der Waals surface area contributed by atoms with Crippen molar-refractivity contribution in [2.75, 3.05) is 5.32 Å². The molecule has 0 saturated carbocycles. The zero-order chi connectivity index (χ0) is 17.1. The second-order valence-corrected chi connectivity index (χ2v) is 5.34. The number of carbonyl (C=O) groups excluding carboxylic acids is 2. The number of nitrogens with one attached hydrogen (secondary N) is 1. The first-order valence-electron chi connectivity index (χ1n) is 6.28. The number of carbonyl (C=O) groups is 2. The molecular weight excluding hydrogens is 343 g/mol. The topological polar surface area (TPSA) is 124 Å². The van der Waals surface area contributed by atoms with Crippen molar-refractivity contribution in [2.45, 2.75) is 6.92 Å². The first kappa shape index (κ1) is 16.9. The molecular formula is C14H12Cl2N4O3. The molecule has 5 N–H and O–H groups in total. The molecule has 0 radical (unpaired) electrons. The monoisotopic (exact) mass is 354 g/mol. The van der Waals surface area contributed by atoms with Crippen molar-refractivity contribution < 1.29 is 14.0 Å². The van der Waals surface area contributed by atoms with Crippen LogP contribution in [0.2, 0.25) is 10.0 Å². The maximum Gasteiger partial charge on any atom is 0.318 e. The third-order valence-electron chi connectivity index (χ3n) is 2.66. The molecule has 0 spiro atoms. The third-order valence-corrected chi connectivity index (χ3v) is 3.23. The van der Waals surface area contributed by atoms with Crippen molar-refractivity contribution in [3.63, 3.8) is 0 Å². The fourth-order valence-electron chi connectivity index (χ4n) is 1.82. The Morgan fingerprint density at radius 2 is 1.91 bits per heavy atom. The Morgan fingerprint density at radius 3 is 2.52 bits per heavy atom. The summed E-state index contributed by atoms with van der Waals surface area (Å²) in [6.07, 6.45) is 0. The normalized spacial score (nSPS) is 10.2. The van der Waals surface area contributed by atoms with Gasteiger partial charge in [-0.05, 0) is 18.2 Å². The lowest BCUT2D eigenvalue weighted by Gasteiger charge is -2.00. The van der Waals surface area contributed by atoms with Crippen molar-refractivity contribution >= 4 is 46.7 Å². The molecule has 2 rings (SSSR count). The fraction of sp³-hybridized carbons (Fsp3) is 0.0714. The summed E-state index contributed by atoms with van der Waals surface area (Å²) >= 11 is 12.0. The molecule has 7 nitrogen and oxygen atoms in total. The van der Waals surface area contributed by atoms with Gasteiger partial charge in [0.25, 0.3) is 0 Å². The van der Waals surface area contributed by atoms with Crippen LogP contribution in [0, 0.1) is 0 Å². The third kappa shape index (κ3) is 4.02. The number of nitrogens with zero attached hydrogens (tertiary/aromatic N) is 1. The Labute approximate surface area is 141 Å². The Morgan fingerprint density at radius 1 is 1.22 bits per heavy atom. The summed E-state index contributed by atoms with van der Waals surface area (Å²) in [5, 5.41) is 3.26. The number of nitrogens with two attached hydrogens (primary N) is 2. The minimum atomic E-state index is -0.835. The van der Waals surface area contributed by atoms with Crippen LogP contribution in [0.5, 0.6) is 0 Å². The number of hydrogen-bond acceptors (Lipinski definition) is 3. The lowest BCUT2D eigenvalue weighted by Crippen LogP contribution is -2.24. The predicted molar refractivity (Wildman–Crippen MR) is 88.6 cm³/mol. The summed E-state index contributed by atoms with van der Waals surface area (Å²) in [6, 6.07) is 6.19. The van der Waals surface area contributed by atoms with Crippen LogP contribution < -0.4 is 16.8 Å². The number of halogens is 2. The number of aliphatic imine (C=N–C) groups is 1. The molecule has 120 valence electrons. The first-order chi connectivity index (χ1) is 10.8. The zero-order valence-electron chi connectivity index (χ0n) is 11.9. The van der Waals surface area contributed by atoms with Gasteiger partial charge in [-0.15, -0.1) is 0 Å². The highest BCUT2D eigenvalue weighted by atomic mass is 35.5. The van der Waals surface area contributed by atoms with Crippen LogP contribution >= 0.6 is 23.2 Å². The van der Waals surface area contributed by atoms with Crippen molar-refractivity contribution in [2.24, 2.45) is 16.5 Å². The van der Waals surface area contributed by atoms with Crippen molar-refractivity contribution in [1.82, 2.24) is 0 Å². The maximum atomic E-state index is 12.0. The molecule has 2 amide bonds. The van der Waals surface area contributed by atoms with Gasteiger partial charge in [-0.2, -0.15) is 4.99 Å². The number of furan rings is 1. The number of amides is 2. The van der Waals surface area contributed by atoms with Crippen LogP contribution in [0.25, 0.3) is 11.3 Å². The lowest BCUT2D eigenvalue weighted by molar-refractivity contribution is -0.114. The SMILES string of the molecule is CC(=O)Nc1cc(-c2cc(Cl)ccc2Cl)oc1C(=O)N=C(N)N. The van der Waals surface area contributed by atoms with E-state index in [0.717, 1.165) is 0 Å². The van der Waals surface area contributed by atoms with Crippen molar-refractivity contribution in [1.29, 1.82) is 0 Å². The van der Waals surface area contributed by atoms with E-state index in [2.05, 4.69) is 10.3 Å². The van der Waals surface area contributed by atoms with E-state index in [1.165, 1.54) is 13.0 Å². The average Bonchev–Trinajstić information content (AvgIpc) is 2.83. The molecule has 0 saturated heterocycles. The molecule has 1 heterocycles. The van der Waals surface area contributed by atoms with E-state index in [-0.39, 0.29) is 17.2 Å². The summed E-state index contributed by atoms with van der Waals surface area (Å²) in [5.74, 6) is -1.65. The molecule has 1 aromatic carbocycles. The molecule has 0 fully saturated rings. The molecule has 9 heteroatoms. The quantitative estimate of drug-likeness (QED) is 0.577. The van der Waals surface area contributed by atoms with Gasteiger partial charge in [-0.1, -0.05) is 23.2 Å². The number of benzene rings is 1. The number of rotatable bonds is 3. The van der Waals surface area contributed by atoms with Crippen LogP contribution in [-0.2, 0) is 4.79 Å². The predicted octanol–water partition coefficient (Wildman–Crippen LogP) is 2.63. The van der Waals surface area contributed by atoms with E-state index in [1.54, 1.807) is 18.2 Å². The zero-order valence-corrected chi connectivity index (χ0v) is 13.4. The smallest absolute Gasteiger partial charge is 0.318 e. The van der Waals surface area contributed by atoms with Gasteiger partial charge in [-0.3, -0.25) is 9.59 Å². The fourth-order valence-corrected chi connectivity index (χ4v) is 2.20. The summed E-state index contributed by atoms with van der Waals surface area (Å²) in [6.45, 7) is 1.29. The van der Waals surface area contributed by atoms with E-state index >= 15 is 0 Å². The molecule has 0 atom stereocenters. The van der Waals surface area contributed by atoms with E-state index in [4.69, 9.17) is 39.1 Å². The number of anilines is 1. The minimum Gasteiger partial charge on any atom is -0.448 e. The van der Waals surface area contributed by atoms with E-state index < -0.39 is 17.8 Å². The van der Waals surface area contributed by atoms with E-state index in [1.807, 2.05) is 0 Å². The van der Waals surface area contributed by atoms with Crippen molar-refractivity contribution in [3.05, 3.63) is 40.1 Å². The standard InChI is InChI=1S/C14H12Cl2N4O3/c1-6(21)19-10-5-11(8-4-7(15)2-3-9(8)16)23-12(10)13(22)20-14(17)18/h2-5H,1H3,(H,19,21)(H4,17,18,20,22). The Hall–Kier alpha value is -2.51. The molecule has 23 heavy (non-hydrogen) atoms. The summed E-state index contributed by atoms with van der Waals surface area (Å²) in [5.41, 5.74) is 10.9. The molecule has 0 aliphatic carbocycles. The van der Waals surface area contributed by atoms with Crippen molar-refractivity contribution in [3.8, 4) is 11.3 Å². The van der Waals surface area contributed by atoms with Crippen LogP contribution in [0.15, 0.2) is 33.7 Å². The van der Waals surface area contributed by atoms with Gasteiger partial charge in [0.2, 0.25) is 11.7 Å². The lowest BCUT2D eigenvalue weighted by atomic mass is 10.1. The number of hydrogen-bond donors (Lipinski definition) is 3. The van der Waals surface area contributed by atoms with Gasteiger partial charge in [0.1, 0.15) is 5.76 Å². The second-order valence-electron chi connectivity index (χ2n) is 4.50. The highest BCUT2D eigenvalue weighted by molar-refractivity contribution is 6.35. The minimum absolute atomic E-state index is 0.124. The van der Waals surface area contributed by atoms with Crippen LogP contribution in [0.4, 0.5) is 5.69 Å². The molecule has 0 aliphatic rings. The van der Waals surface area contributed by atoms with Gasteiger partial charge >= 0.3 is 5.91 Å². The van der Waals surface area contributed by atoms with Gasteiger partial charge in [0, 0.05) is 23.6 Å². The van der Waals surface area contributed by atoms with Crippen LogP contribution in [0.3, 0.4) is 0 Å². The molecule has 0 unspecified atom stereocenters. The van der Waals surface area contributed by atoms with Crippen LogP contribution in [0.1, 0.15) is 17.5 Å². The molecule has 0 aliphatic heterocycles. The van der Waals surface area contributed by atoms with Crippen LogP contribution in [-0.4, -0.2) is 17.8 Å². The summed E-state index contributed by atoms with van der Waals surface area (Å²) < 4.78 is 5.47. The Balaban J connectivity index is 2.57. The first-order valence-corrected chi connectivity index (χ1v) is 7.04. The van der Waals surface area contributed by atoms with Gasteiger partial charge in [0.05, 0.1) is 10.7 Å². The highest BCUT2D eigenvalue weighted by Crippen LogP contribution is 2.35.